The molecule has 0 saturated carbocycles. The molecule has 0 aromatic carbocycles. The number of nitrogens with one attached hydrogen (secondary N) is 3. The first-order valence-electron chi connectivity index (χ1n) is 6.38. The predicted molar refractivity (Wildman–Crippen MR) is 80.8 cm³/mol. The number of hydrogen-bond acceptors (Lipinski definition) is 6. The van der Waals surface area contributed by atoms with Crippen molar-refractivity contribution in [1.29, 1.82) is 0 Å². The lowest BCUT2D eigenvalue weighted by Crippen LogP contribution is -2.39. The SMILES string of the molecule is CNC(=O)c1c(N)nsc1NC(C)C(=O)NCC(C)C. The normalized spacial score (nSPS) is 12.1. The zero-order chi connectivity index (χ0) is 15.3. The number of hydrogen-bond donors (Lipinski definition) is 4. The first-order chi connectivity index (χ1) is 9.36. The van der Waals surface area contributed by atoms with Crippen LogP contribution in [0.4, 0.5) is 10.8 Å². The highest BCUT2D eigenvalue weighted by molar-refractivity contribution is 7.11. The molecule has 112 valence electrons. The van der Waals surface area contributed by atoms with E-state index in [1.807, 2.05) is 13.8 Å². The monoisotopic (exact) mass is 299 g/mol. The van der Waals surface area contributed by atoms with Gasteiger partial charge in [0.05, 0.1) is 0 Å². The molecule has 0 aliphatic rings. The van der Waals surface area contributed by atoms with Crippen LogP contribution in [-0.2, 0) is 4.79 Å². The molecule has 1 heterocycles. The Morgan fingerprint density at radius 3 is 2.55 bits per heavy atom. The summed E-state index contributed by atoms with van der Waals surface area (Å²) in [4.78, 5) is 23.6. The van der Waals surface area contributed by atoms with Gasteiger partial charge in [-0.2, -0.15) is 4.37 Å². The average Bonchev–Trinajstić information content (AvgIpc) is 2.76. The Balaban J connectivity index is 2.73. The van der Waals surface area contributed by atoms with E-state index >= 15 is 0 Å². The Bertz CT molecular complexity index is 486. The van der Waals surface area contributed by atoms with Crippen LogP contribution in [0.5, 0.6) is 0 Å². The van der Waals surface area contributed by atoms with Gasteiger partial charge in [-0.15, -0.1) is 0 Å². The van der Waals surface area contributed by atoms with Crippen molar-refractivity contribution in [2.75, 3.05) is 24.6 Å². The maximum absolute atomic E-state index is 11.9. The largest absolute Gasteiger partial charge is 0.382 e. The van der Waals surface area contributed by atoms with Gasteiger partial charge in [0, 0.05) is 13.6 Å². The lowest BCUT2D eigenvalue weighted by atomic mass is 10.2. The van der Waals surface area contributed by atoms with Crippen LogP contribution in [0.1, 0.15) is 31.1 Å². The molecule has 1 rings (SSSR count). The third-order valence-corrected chi connectivity index (χ3v) is 3.39. The highest BCUT2D eigenvalue weighted by atomic mass is 32.1. The Kier molecular flexibility index (Phi) is 5.75. The second-order valence-corrected chi connectivity index (χ2v) is 5.63. The van der Waals surface area contributed by atoms with Crippen molar-refractivity contribution in [2.45, 2.75) is 26.8 Å². The second kappa shape index (κ2) is 7.09. The molecule has 20 heavy (non-hydrogen) atoms. The number of carbonyl (C=O) groups is 2. The van der Waals surface area contributed by atoms with Crippen molar-refractivity contribution in [3.8, 4) is 0 Å². The minimum atomic E-state index is -0.475. The van der Waals surface area contributed by atoms with Crippen LogP contribution in [0, 0.1) is 5.92 Å². The van der Waals surface area contributed by atoms with Crippen molar-refractivity contribution >= 4 is 34.2 Å². The molecule has 0 fully saturated rings. The van der Waals surface area contributed by atoms with Gasteiger partial charge < -0.3 is 21.7 Å². The van der Waals surface area contributed by atoms with Gasteiger partial charge in [-0.1, -0.05) is 13.8 Å². The number of nitrogen functional groups attached to an aromatic ring is 1. The Labute approximate surface area is 122 Å². The summed E-state index contributed by atoms with van der Waals surface area (Å²) in [6.45, 7) is 6.37. The van der Waals surface area contributed by atoms with E-state index in [1.165, 1.54) is 7.05 Å². The molecule has 1 aromatic heterocycles. The van der Waals surface area contributed by atoms with Gasteiger partial charge in [-0.05, 0) is 24.4 Å². The molecular weight excluding hydrogens is 278 g/mol. The molecule has 8 heteroatoms. The molecule has 2 amide bonds. The zero-order valence-corrected chi connectivity index (χ0v) is 12.9. The van der Waals surface area contributed by atoms with Crippen LogP contribution in [0.25, 0.3) is 0 Å². The van der Waals surface area contributed by atoms with Gasteiger partial charge in [0.15, 0.2) is 5.82 Å². The minimum Gasteiger partial charge on any atom is -0.382 e. The molecule has 1 aromatic rings. The van der Waals surface area contributed by atoms with Crippen molar-refractivity contribution in [3.05, 3.63) is 5.56 Å². The second-order valence-electron chi connectivity index (χ2n) is 4.86. The number of aromatic nitrogens is 1. The highest BCUT2D eigenvalue weighted by Crippen LogP contribution is 2.27. The number of nitrogens with zero attached hydrogens (tertiary/aromatic N) is 1. The van der Waals surface area contributed by atoms with Gasteiger partial charge in [0.1, 0.15) is 16.6 Å². The van der Waals surface area contributed by atoms with Crippen LogP contribution in [0.2, 0.25) is 0 Å². The summed E-state index contributed by atoms with van der Waals surface area (Å²) in [5.74, 6) is 0.0836. The summed E-state index contributed by atoms with van der Waals surface area (Å²) in [5.41, 5.74) is 5.94. The van der Waals surface area contributed by atoms with Crippen LogP contribution in [0.3, 0.4) is 0 Å². The summed E-state index contributed by atoms with van der Waals surface area (Å²) in [5, 5.41) is 8.79. The molecule has 0 saturated heterocycles. The molecule has 0 radical (unpaired) electrons. The van der Waals surface area contributed by atoms with E-state index in [-0.39, 0.29) is 23.2 Å². The van der Waals surface area contributed by atoms with E-state index in [4.69, 9.17) is 5.73 Å². The van der Waals surface area contributed by atoms with Gasteiger partial charge in [-0.3, -0.25) is 9.59 Å². The quantitative estimate of drug-likeness (QED) is 0.617. The van der Waals surface area contributed by atoms with Crippen LogP contribution >= 0.6 is 11.5 Å². The van der Waals surface area contributed by atoms with Crippen molar-refractivity contribution in [3.63, 3.8) is 0 Å². The minimum absolute atomic E-state index is 0.131. The van der Waals surface area contributed by atoms with Gasteiger partial charge in [0.2, 0.25) is 5.91 Å². The van der Waals surface area contributed by atoms with E-state index in [0.29, 0.717) is 17.5 Å². The average molecular weight is 299 g/mol. The maximum atomic E-state index is 11.9. The maximum Gasteiger partial charge on any atom is 0.257 e. The molecule has 5 N–H and O–H groups in total. The Morgan fingerprint density at radius 2 is 2.00 bits per heavy atom. The lowest BCUT2D eigenvalue weighted by molar-refractivity contribution is -0.121. The van der Waals surface area contributed by atoms with Gasteiger partial charge >= 0.3 is 0 Å². The summed E-state index contributed by atoms with van der Waals surface area (Å²) < 4.78 is 3.94. The lowest BCUT2D eigenvalue weighted by Gasteiger charge is -2.15. The van der Waals surface area contributed by atoms with Gasteiger partial charge in [-0.25, -0.2) is 0 Å². The van der Waals surface area contributed by atoms with E-state index in [2.05, 4.69) is 20.3 Å². The third-order valence-electron chi connectivity index (χ3n) is 2.60. The molecule has 0 bridgehead atoms. The molecule has 1 unspecified atom stereocenters. The van der Waals surface area contributed by atoms with Gasteiger partial charge in [0.25, 0.3) is 5.91 Å². The molecular formula is C12H21N5O2S. The summed E-state index contributed by atoms with van der Waals surface area (Å²) in [6, 6.07) is -0.475. The Morgan fingerprint density at radius 1 is 1.35 bits per heavy atom. The van der Waals surface area contributed by atoms with E-state index in [1.54, 1.807) is 6.92 Å². The number of anilines is 2. The molecule has 0 spiro atoms. The highest BCUT2D eigenvalue weighted by Gasteiger charge is 2.21. The first-order valence-corrected chi connectivity index (χ1v) is 7.15. The van der Waals surface area contributed by atoms with Crippen molar-refractivity contribution in [2.24, 2.45) is 5.92 Å². The van der Waals surface area contributed by atoms with E-state index < -0.39 is 6.04 Å². The van der Waals surface area contributed by atoms with Crippen molar-refractivity contribution in [1.82, 2.24) is 15.0 Å². The van der Waals surface area contributed by atoms with E-state index in [0.717, 1.165) is 11.5 Å². The van der Waals surface area contributed by atoms with Crippen molar-refractivity contribution < 1.29 is 9.59 Å². The topological polar surface area (TPSA) is 109 Å². The molecule has 0 aliphatic heterocycles. The van der Waals surface area contributed by atoms with E-state index in [9.17, 15) is 9.59 Å². The number of nitrogens with two attached hydrogens (primary N) is 1. The smallest absolute Gasteiger partial charge is 0.257 e. The van der Waals surface area contributed by atoms with Crippen LogP contribution in [0.15, 0.2) is 0 Å². The third kappa shape index (κ3) is 4.09. The van der Waals surface area contributed by atoms with Crippen LogP contribution < -0.4 is 21.7 Å². The zero-order valence-electron chi connectivity index (χ0n) is 12.1. The summed E-state index contributed by atoms with van der Waals surface area (Å²) >= 11 is 1.06. The molecule has 1 atom stereocenters. The fourth-order valence-corrected chi connectivity index (χ4v) is 2.26. The number of amides is 2. The molecule has 7 nitrogen and oxygen atoms in total. The Hall–Kier alpha value is -1.83. The first kappa shape index (κ1) is 16.2. The fourth-order valence-electron chi connectivity index (χ4n) is 1.47. The van der Waals surface area contributed by atoms with Crippen LogP contribution in [-0.4, -0.2) is 35.8 Å². The summed E-state index contributed by atoms with van der Waals surface area (Å²) in [6.07, 6.45) is 0. The standard InChI is InChI=1S/C12H21N5O2S/c1-6(2)5-15-10(18)7(3)16-12-8(11(19)14-4)9(13)17-20-12/h6-7,16H,5H2,1-4H3,(H2,13,17)(H,14,19)(H,15,18). The number of rotatable bonds is 6. The predicted octanol–water partition coefficient (Wildman–Crippen LogP) is 0.657. The fraction of sp³-hybridized carbons (Fsp3) is 0.583. The molecule has 0 aliphatic carbocycles. The number of carbonyl (C=O) groups excluding carboxylic acids is 2. The summed E-state index contributed by atoms with van der Waals surface area (Å²) in [7, 11) is 1.52.